The molecule has 0 saturated heterocycles. The number of rotatable bonds is 2. The number of hydrogen-bond acceptors (Lipinski definition) is 4. The topological polar surface area (TPSA) is 59.9 Å². The predicted molar refractivity (Wildman–Crippen MR) is 103 cm³/mol. The van der Waals surface area contributed by atoms with Crippen LogP contribution < -0.4 is 14.8 Å². The van der Waals surface area contributed by atoms with Gasteiger partial charge in [-0.2, -0.15) is 0 Å². The second-order valence-electron chi connectivity index (χ2n) is 6.73. The largest absolute Gasteiger partial charge is 0.586 e. The van der Waals surface area contributed by atoms with Crippen LogP contribution in [0.2, 0.25) is 0 Å². The molecule has 0 saturated carbocycles. The van der Waals surface area contributed by atoms with E-state index in [-0.39, 0.29) is 17.4 Å². The number of nitrogens with one attached hydrogen (secondary N) is 1. The number of amidine groups is 1. The van der Waals surface area contributed by atoms with Crippen LogP contribution in [0.25, 0.3) is 11.1 Å². The SMILES string of the molecule is O=C(NC1=Nc2cc3c(cc2C1)OC(F)(F)O3)c1ccc(-c2ccccc2)cc1. The molecule has 0 atom stereocenters. The number of amides is 1. The first-order valence-corrected chi connectivity index (χ1v) is 8.94. The maximum atomic E-state index is 13.2. The lowest BCUT2D eigenvalue weighted by molar-refractivity contribution is -0.286. The van der Waals surface area contributed by atoms with Crippen LogP contribution in [0.3, 0.4) is 0 Å². The summed E-state index contributed by atoms with van der Waals surface area (Å²) in [5.74, 6) is 0.0462. The molecule has 29 heavy (non-hydrogen) atoms. The second kappa shape index (κ2) is 6.41. The van der Waals surface area contributed by atoms with Crippen molar-refractivity contribution in [3.8, 4) is 22.6 Å². The van der Waals surface area contributed by atoms with Crippen molar-refractivity contribution in [3.05, 3.63) is 77.9 Å². The first-order valence-electron chi connectivity index (χ1n) is 8.94. The van der Waals surface area contributed by atoms with E-state index < -0.39 is 6.29 Å². The number of halogens is 2. The molecule has 5 nitrogen and oxygen atoms in total. The maximum Gasteiger partial charge on any atom is 0.586 e. The third-order valence-electron chi connectivity index (χ3n) is 4.73. The average molecular weight is 392 g/mol. The Balaban J connectivity index is 1.30. The van der Waals surface area contributed by atoms with E-state index in [1.54, 1.807) is 12.1 Å². The van der Waals surface area contributed by atoms with Gasteiger partial charge in [0.05, 0.1) is 5.69 Å². The molecule has 144 valence electrons. The zero-order valence-corrected chi connectivity index (χ0v) is 15.0. The molecule has 0 bridgehead atoms. The average Bonchev–Trinajstić information content (AvgIpc) is 3.23. The Bertz CT molecular complexity index is 1140. The van der Waals surface area contributed by atoms with Crippen LogP contribution in [-0.2, 0) is 6.42 Å². The van der Waals surface area contributed by atoms with Crippen LogP contribution in [0.1, 0.15) is 15.9 Å². The van der Waals surface area contributed by atoms with Gasteiger partial charge in [0.15, 0.2) is 11.5 Å². The molecule has 2 heterocycles. The van der Waals surface area contributed by atoms with Gasteiger partial charge in [0.1, 0.15) is 5.84 Å². The summed E-state index contributed by atoms with van der Waals surface area (Å²) >= 11 is 0. The van der Waals surface area contributed by atoms with E-state index in [0.29, 0.717) is 29.1 Å². The van der Waals surface area contributed by atoms with E-state index in [1.807, 2.05) is 42.5 Å². The molecule has 7 heteroatoms. The van der Waals surface area contributed by atoms with Gasteiger partial charge >= 0.3 is 6.29 Å². The van der Waals surface area contributed by atoms with Crippen molar-refractivity contribution in [2.45, 2.75) is 12.7 Å². The molecule has 3 aromatic rings. The summed E-state index contributed by atoms with van der Waals surface area (Å²) in [5, 5.41) is 2.77. The van der Waals surface area contributed by atoms with Gasteiger partial charge in [-0.15, -0.1) is 8.78 Å². The van der Waals surface area contributed by atoms with Crippen molar-refractivity contribution in [1.29, 1.82) is 0 Å². The molecule has 0 aliphatic carbocycles. The van der Waals surface area contributed by atoms with Crippen LogP contribution >= 0.6 is 0 Å². The highest BCUT2D eigenvalue weighted by atomic mass is 19.3. The Morgan fingerprint density at radius 3 is 2.31 bits per heavy atom. The van der Waals surface area contributed by atoms with Gasteiger partial charge < -0.3 is 14.8 Å². The number of ether oxygens (including phenoxy) is 2. The molecule has 0 fully saturated rings. The number of aliphatic imine (C=N–C) groups is 1. The standard InChI is InChI=1S/C22H14F2N2O3/c23-22(24)28-18-10-16-11-20(25-17(16)12-19(18)29-22)26-21(27)15-8-6-14(7-9-15)13-4-2-1-3-5-13/h1-10,12H,11H2,(H,25,26,27). The first-order chi connectivity index (χ1) is 14.0. The highest BCUT2D eigenvalue weighted by Gasteiger charge is 2.44. The van der Waals surface area contributed by atoms with E-state index in [2.05, 4.69) is 19.8 Å². The van der Waals surface area contributed by atoms with Crippen molar-refractivity contribution in [2.24, 2.45) is 4.99 Å². The fraction of sp³-hybridized carbons (Fsp3) is 0.0909. The Kier molecular flexibility index (Phi) is 3.84. The summed E-state index contributed by atoms with van der Waals surface area (Å²) in [6, 6.07) is 20.0. The monoisotopic (exact) mass is 392 g/mol. The molecule has 2 aliphatic rings. The zero-order valence-electron chi connectivity index (χ0n) is 15.0. The Morgan fingerprint density at radius 2 is 1.59 bits per heavy atom. The molecule has 0 aromatic heterocycles. The van der Waals surface area contributed by atoms with E-state index in [4.69, 9.17) is 0 Å². The molecule has 0 unspecified atom stereocenters. The van der Waals surface area contributed by atoms with Crippen LogP contribution in [-0.4, -0.2) is 18.0 Å². The summed E-state index contributed by atoms with van der Waals surface area (Å²) in [6.07, 6.45) is -3.35. The van der Waals surface area contributed by atoms with E-state index in [9.17, 15) is 13.6 Å². The van der Waals surface area contributed by atoms with Gasteiger partial charge in [0.2, 0.25) is 0 Å². The van der Waals surface area contributed by atoms with E-state index >= 15 is 0 Å². The van der Waals surface area contributed by atoms with Crippen LogP contribution in [0.15, 0.2) is 71.7 Å². The molecule has 2 aliphatic heterocycles. The fourth-order valence-electron chi connectivity index (χ4n) is 3.36. The summed E-state index contributed by atoms with van der Waals surface area (Å²) in [4.78, 5) is 16.9. The third-order valence-corrected chi connectivity index (χ3v) is 4.73. The van der Waals surface area contributed by atoms with Gasteiger partial charge in [-0.25, -0.2) is 4.99 Å². The number of carbonyl (C=O) groups excluding carboxylic acids is 1. The maximum absolute atomic E-state index is 13.2. The van der Waals surface area contributed by atoms with Gasteiger partial charge in [-0.3, -0.25) is 4.79 Å². The summed E-state index contributed by atoms with van der Waals surface area (Å²) in [5.41, 5.74) is 3.73. The Hall–Kier alpha value is -3.74. The molecular weight excluding hydrogens is 378 g/mol. The molecule has 3 aromatic carbocycles. The normalized spacial score (nSPS) is 15.6. The van der Waals surface area contributed by atoms with Gasteiger partial charge in [0, 0.05) is 18.1 Å². The van der Waals surface area contributed by atoms with Crippen LogP contribution in [0, 0.1) is 0 Å². The summed E-state index contributed by atoms with van der Waals surface area (Å²) in [7, 11) is 0. The first kappa shape index (κ1) is 17.4. The number of nitrogens with zero attached hydrogens (tertiary/aromatic N) is 1. The highest BCUT2D eigenvalue weighted by Crippen LogP contribution is 2.45. The summed E-state index contributed by atoms with van der Waals surface area (Å²) < 4.78 is 35.2. The second-order valence-corrected chi connectivity index (χ2v) is 6.73. The Labute approximate surface area is 164 Å². The van der Waals surface area contributed by atoms with Crippen molar-refractivity contribution < 1.29 is 23.0 Å². The van der Waals surface area contributed by atoms with Crippen molar-refractivity contribution in [3.63, 3.8) is 0 Å². The van der Waals surface area contributed by atoms with Crippen LogP contribution in [0.5, 0.6) is 11.5 Å². The molecule has 0 spiro atoms. The van der Waals surface area contributed by atoms with Gasteiger partial charge in [-0.05, 0) is 34.9 Å². The molecule has 5 rings (SSSR count). The minimum atomic E-state index is -3.66. The van der Waals surface area contributed by atoms with E-state index in [0.717, 1.165) is 11.1 Å². The number of alkyl halides is 2. The van der Waals surface area contributed by atoms with Crippen molar-refractivity contribution >= 4 is 17.4 Å². The molecular formula is C22H14F2N2O3. The smallest absolute Gasteiger partial charge is 0.395 e. The molecule has 1 N–H and O–H groups in total. The fourth-order valence-corrected chi connectivity index (χ4v) is 3.36. The highest BCUT2D eigenvalue weighted by molar-refractivity contribution is 6.09. The lowest BCUT2D eigenvalue weighted by Gasteiger charge is -2.06. The lowest BCUT2D eigenvalue weighted by atomic mass is 10.0. The van der Waals surface area contributed by atoms with Crippen molar-refractivity contribution in [2.75, 3.05) is 0 Å². The van der Waals surface area contributed by atoms with Gasteiger partial charge in [0.25, 0.3) is 5.91 Å². The quantitative estimate of drug-likeness (QED) is 0.688. The lowest BCUT2D eigenvalue weighted by Crippen LogP contribution is -2.30. The van der Waals surface area contributed by atoms with Crippen LogP contribution in [0.4, 0.5) is 14.5 Å². The number of hydrogen-bond donors (Lipinski definition) is 1. The predicted octanol–water partition coefficient (Wildman–Crippen LogP) is 4.69. The van der Waals surface area contributed by atoms with Gasteiger partial charge in [-0.1, -0.05) is 42.5 Å². The van der Waals surface area contributed by atoms with E-state index in [1.165, 1.54) is 12.1 Å². The molecule has 0 radical (unpaired) electrons. The minimum absolute atomic E-state index is 0.0342. The van der Waals surface area contributed by atoms with Crippen molar-refractivity contribution in [1.82, 2.24) is 5.32 Å². The summed E-state index contributed by atoms with van der Waals surface area (Å²) in [6.45, 7) is 0. The number of fused-ring (bicyclic) bond motifs is 2. The zero-order chi connectivity index (χ0) is 20.0. The number of carbonyl (C=O) groups is 1. The minimum Gasteiger partial charge on any atom is -0.395 e. The molecule has 1 amide bonds. The Morgan fingerprint density at radius 1 is 0.931 bits per heavy atom. The third kappa shape index (κ3) is 3.31. The number of benzene rings is 3.